The second-order valence-corrected chi connectivity index (χ2v) is 10.1. The summed E-state index contributed by atoms with van der Waals surface area (Å²) in [5.74, 6) is 1.90. The summed E-state index contributed by atoms with van der Waals surface area (Å²) in [6.07, 6.45) is 1.09. The number of halogens is 1. The van der Waals surface area contributed by atoms with Gasteiger partial charge in [-0.25, -0.2) is 0 Å². The second-order valence-electron chi connectivity index (χ2n) is 9.69. The van der Waals surface area contributed by atoms with Gasteiger partial charge in [-0.15, -0.1) is 0 Å². The summed E-state index contributed by atoms with van der Waals surface area (Å²) in [4.78, 5) is 31.0. The SMILES string of the molecule is COc1ccc(N2C(=O)C3(CCN(C(=O)c4cc(OC)c(OC)c(OC)c4)CC3)C2c2ccc(Cl)cc2)cc1. The molecule has 0 aromatic heterocycles. The number of carbonyl (C=O) groups is 2. The molecule has 1 unspecified atom stereocenters. The Morgan fingerprint density at radius 1 is 0.846 bits per heavy atom. The van der Waals surface area contributed by atoms with E-state index >= 15 is 0 Å². The molecule has 1 atom stereocenters. The zero-order chi connectivity index (χ0) is 27.7. The van der Waals surface area contributed by atoms with Crippen molar-refractivity contribution in [2.75, 3.05) is 46.4 Å². The summed E-state index contributed by atoms with van der Waals surface area (Å²) in [6, 6.07) is 18.3. The zero-order valence-electron chi connectivity index (χ0n) is 22.4. The van der Waals surface area contributed by atoms with Crippen LogP contribution in [-0.2, 0) is 4.79 Å². The van der Waals surface area contributed by atoms with Gasteiger partial charge in [-0.05, 0) is 66.9 Å². The van der Waals surface area contributed by atoms with Crippen LogP contribution in [0.25, 0.3) is 0 Å². The highest BCUT2D eigenvalue weighted by molar-refractivity contribution is 6.30. The minimum absolute atomic E-state index is 0.0625. The molecule has 204 valence electrons. The Morgan fingerprint density at radius 2 is 1.44 bits per heavy atom. The number of piperidine rings is 1. The van der Waals surface area contributed by atoms with E-state index in [1.165, 1.54) is 21.3 Å². The number of β-lactam (4-membered cyclic amide) rings is 1. The van der Waals surface area contributed by atoms with Crippen molar-refractivity contribution in [3.63, 3.8) is 0 Å². The molecule has 8 nitrogen and oxygen atoms in total. The van der Waals surface area contributed by atoms with Crippen LogP contribution < -0.4 is 23.8 Å². The number of ether oxygens (including phenoxy) is 4. The van der Waals surface area contributed by atoms with Crippen LogP contribution in [0.15, 0.2) is 60.7 Å². The molecule has 0 aliphatic carbocycles. The Labute approximate surface area is 233 Å². The molecule has 39 heavy (non-hydrogen) atoms. The molecule has 1 spiro atoms. The lowest BCUT2D eigenvalue weighted by molar-refractivity contribution is -0.144. The van der Waals surface area contributed by atoms with Gasteiger partial charge >= 0.3 is 0 Å². The van der Waals surface area contributed by atoms with Crippen LogP contribution in [0.5, 0.6) is 23.0 Å². The first-order chi connectivity index (χ1) is 18.9. The molecule has 2 fully saturated rings. The van der Waals surface area contributed by atoms with Gasteiger partial charge in [0.2, 0.25) is 11.7 Å². The van der Waals surface area contributed by atoms with Crippen LogP contribution in [0.3, 0.4) is 0 Å². The van der Waals surface area contributed by atoms with Gasteiger partial charge in [-0.3, -0.25) is 9.59 Å². The fourth-order valence-electron chi connectivity index (χ4n) is 5.76. The molecule has 0 saturated carbocycles. The molecule has 2 heterocycles. The van der Waals surface area contributed by atoms with E-state index in [-0.39, 0.29) is 17.9 Å². The first-order valence-corrected chi connectivity index (χ1v) is 13.1. The number of likely N-dealkylation sites (tertiary alicyclic amines) is 1. The summed E-state index contributed by atoms with van der Waals surface area (Å²) in [7, 11) is 6.17. The Kier molecular flexibility index (Phi) is 7.32. The highest BCUT2D eigenvalue weighted by Gasteiger charge is 2.62. The lowest BCUT2D eigenvalue weighted by Crippen LogP contribution is -2.67. The monoisotopic (exact) mass is 550 g/mol. The van der Waals surface area contributed by atoms with Gasteiger partial charge in [-0.1, -0.05) is 23.7 Å². The maximum atomic E-state index is 13.8. The first kappa shape index (κ1) is 26.7. The molecule has 0 radical (unpaired) electrons. The van der Waals surface area contributed by atoms with Crippen LogP contribution in [0.1, 0.15) is 34.8 Å². The van der Waals surface area contributed by atoms with Crippen LogP contribution in [0.4, 0.5) is 5.69 Å². The molecular weight excluding hydrogens is 520 g/mol. The first-order valence-electron chi connectivity index (χ1n) is 12.7. The molecule has 3 aromatic carbocycles. The van der Waals surface area contributed by atoms with Crippen molar-refractivity contribution in [2.24, 2.45) is 5.41 Å². The summed E-state index contributed by atoms with van der Waals surface area (Å²) in [6.45, 7) is 0.892. The van der Waals surface area contributed by atoms with Crippen molar-refractivity contribution in [2.45, 2.75) is 18.9 Å². The topological polar surface area (TPSA) is 77.5 Å². The summed E-state index contributed by atoms with van der Waals surface area (Å²) in [5.41, 5.74) is 1.65. The van der Waals surface area contributed by atoms with E-state index in [1.807, 2.05) is 53.4 Å². The Balaban J connectivity index is 1.41. The fourth-order valence-corrected chi connectivity index (χ4v) is 5.89. The summed E-state index contributed by atoms with van der Waals surface area (Å²) < 4.78 is 21.5. The number of methoxy groups -OCH3 is 4. The number of nitrogens with zero attached hydrogens (tertiary/aromatic N) is 2. The third kappa shape index (κ3) is 4.52. The minimum Gasteiger partial charge on any atom is -0.497 e. The van der Waals surface area contributed by atoms with Crippen LogP contribution in [0, 0.1) is 5.41 Å². The van der Waals surface area contributed by atoms with Gasteiger partial charge in [0.25, 0.3) is 5.91 Å². The quantitative estimate of drug-likeness (QED) is 0.367. The molecule has 2 aliphatic heterocycles. The average Bonchev–Trinajstić information content (AvgIpc) is 2.99. The predicted octanol–water partition coefficient (Wildman–Crippen LogP) is 5.38. The molecule has 2 aliphatic rings. The van der Waals surface area contributed by atoms with Crippen LogP contribution >= 0.6 is 11.6 Å². The Bertz CT molecular complexity index is 1340. The van der Waals surface area contributed by atoms with Gasteiger partial charge < -0.3 is 28.7 Å². The summed E-state index contributed by atoms with van der Waals surface area (Å²) >= 11 is 6.18. The van der Waals surface area contributed by atoms with Crippen molar-refractivity contribution in [3.05, 3.63) is 76.8 Å². The van der Waals surface area contributed by atoms with Crippen molar-refractivity contribution in [3.8, 4) is 23.0 Å². The Hall–Kier alpha value is -3.91. The van der Waals surface area contributed by atoms with Crippen LogP contribution in [0.2, 0.25) is 5.02 Å². The van der Waals surface area contributed by atoms with E-state index in [1.54, 1.807) is 24.1 Å². The zero-order valence-corrected chi connectivity index (χ0v) is 23.2. The smallest absolute Gasteiger partial charge is 0.254 e. The van der Waals surface area contributed by atoms with Gasteiger partial charge in [0, 0.05) is 29.4 Å². The molecule has 5 rings (SSSR count). The van der Waals surface area contributed by atoms with Crippen molar-refractivity contribution in [1.82, 2.24) is 4.90 Å². The third-order valence-corrected chi connectivity index (χ3v) is 8.07. The molecule has 2 amide bonds. The molecule has 0 N–H and O–H groups in total. The van der Waals surface area contributed by atoms with Crippen LogP contribution in [-0.4, -0.2) is 58.2 Å². The highest BCUT2D eigenvalue weighted by Crippen LogP contribution is 2.57. The van der Waals surface area contributed by atoms with E-state index < -0.39 is 5.41 Å². The number of hydrogen-bond donors (Lipinski definition) is 0. The van der Waals surface area contributed by atoms with E-state index in [9.17, 15) is 9.59 Å². The van der Waals surface area contributed by atoms with Gasteiger partial charge in [0.05, 0.1) is 39.9 Å². The normalized spacial score (nSPS) is 18.0. The van der Waals surface area contributed by atoms with E-state index in [4.69, 9.17) is 30.5 Å². The molecule has 0 bridgehead atoms. The minimum atomic E-state index is -0.611. The number of rotatable bonds is 7. The number of carbonyl (C=O) groups excluding carboxylic acids is 2. The number of hydrogen-bond acceptors (Lipinski definition) is 6. The van der Waals surface area contributed by atoms with Crippen molar-refractivity contribution in [1.29, 1.82) is 0 Å². The second kappa shape index (κ2) is 10.7. The molecule has 3 aromatic rings. The third-order valence-electron chi connectivity index (χ3n) is 7.82. The summed E-state index contributed by atoms with van der Waals surface area (Å²) in [5, 5.41) is 0.639. The predicted molar refractivity (Wildman–Crippen MR) is 148 cm³/mol. The lowest BCUT2D eigenvalue weighted by atomic mass is 9.62. The van der Waals surface area contributed by atoms with Crippen molar-refractivity contribution >= 4 is 29.1 Å². The van der Waals surface area contributed by atoms with Gasteiger partial charge in [-0.2, -0.15) is 0 Å². The highest BCUT2D eigenvalue weighted by atomic mass is 35.5. The van der Waals surface area contributed by atoms with Crippen molar-refractivity contribution < 1.29 is 28.5 Å². The maximum Gasteiger partial charge on any atom is 0.254 e. The molecule has 9 heteroatoms. The maximum absolute atomic E-state index is 13.8. The van der Waals surface area contributed by atoms with Gasteiger partial charge in [0.15, 0.2) is 11.5 Å². The number of anilines is 1. The van der Waals surface area contributed by atoms with Gasteiger partial charge in [0.1, 0.15) is 5.75 Å². The average molecular weight is 551 g/mol. The molecular formula is C30H31ClN2O6. The van der Waals surface area contributed by atoms with E-state index in [0.29, 0.717) is 53.8 Å². The van der Waals surface area contributed by atoms with E-state index in [2.05, 4.69) is 0 Å². The number of benzene rings is 3. The largest absolute Gasteiger partial charge is 0.497 e. The fraction of sp³-hybridized carbons (Fsp3) is 0.333. The van der Waals surface area contributed by atoms with E-state index in [0.717, 1.165) is 17.0 Å². The lowest BCUT2D eigenvalue weighted by Gasteiger charge is -2.59. The standard InChI is InChI=1S/C30H31ClN2O6/c1-36-23-11-9-22(10-12-23)33-27(19-5-7-21(31)8-6-19)30(29(33)35)13-15-32(16-14-30)28(34)20-17-24(37-2)26(39-4)25(18-20)38-3/h5-12,17-18,27H,13-16H2,1-4H3. The number of amides is 2. The molecule has 2 saturated heterocycles. The Morgan fingerprint density at radius 3 is 1.95 bits per heavy atom.